The Bertz CT molecular complexity index is 1540. The first kappa shape index (κ1) is 20.8. The summed E-state index contributed by atoms with van der Waals surface area (Å²) in [5.74, 6) is 0.271. The Morgan fingerprint density at radius 3 is 2.61 bits per heavy atom. The Morgan fingerprint density at radius 2 is 1.76 bits per heavy atom. The van der Waals surface area contributed by atoms with Gasteiger partial charge in [-0.3, -0.25) is 10.1 Å². The zero-order chi connectivity index (χ0) is 22.9. The second-order valence-electron chi connectivity index (χ2n) is 7.94. The lowest BCUT2D eigenvalue weighted by Gasteiger charge is -2.11. The second kappa shape index (κ2) is 8.48. The fraction of sp³-hybridized carbons (Fsp3) is 0.0741. The molecule has 0 atom stereocenters. The highest BCUT2D eigenvalue weighted by atomic mass is 32.1. The number of carbonyl (C=O) groups is 1. The number of hydrogen-bond donors (Lipinski definition) is 2. The van der Waals surface area contributed by atoms with Crippen LogP contribution in [0.4, 0.5) is 5.69 Å². The summed E-state index contributed by atoms with van der Waals surface area (Å²) in [4.78, 5) is 17.3. The number of nitrogens with one attached hydrogen (secondary N) is 2. The van der Waals surface area contributed by atoms with Crippen LogP contribution in [-0.2, 0) is 0 Å². The molecule has 1 aromatic heterocycles. The molecular formula is C27H21N3O2S. The van der Waals surface area contributed by atoms with Crippen molar-refractivity contribution in [2.75, 3.05) is 5.32 Å². The largest absolute Gasteiger partial charge is 0.436 e. The quantitative estimate of drug-likeness (QED) is 0.311. The van der Waals surface area contributed by atoms with E-state index < -0.39 is 0 Å². The number of carbonyl (C=O) groups excluding carboxylic acids is 1. The summed E-state index contributed by atoms with van der Waals surface area (Å²) in [5.41, 5.74) is 5.86. The standard InChI is InChI=1S/C27H21N3O2S/c1-16-10-11-19(14-17(16)2)25(31)30-27(33)28-21-8-5-7-20(15-21)26-29-24-22-9-4-3-6-18(22)12-13-23(24)32-26/h3-15H,1-2H3,(H2,28,30,31,33). The summed E-state index contributed by atoms with van der Waals surface area (Å²) in [6, 6.07) is 25.2. The van der Waals surface area contributed by atoms with Crippen LogP contribution in [0.5, 0.6) is 0 Å². The first-order valence-electron chi connectivity index (χ1n) is 10.6. The molecule has 0 saturated carbocycles. The van der Waals surface area contributed by atoms with Crippen molar-refractivity contribution >= 4 is 50.8 Å². The van der Waals surface area contributed by atoms with Gasteiger partial charge < -0.3 is 9.73 Å². The van der Waals surface area contributed by atoms with E-state index in [1.54, 1.807) is 6.07 Å². The maximum atomic E-state index is 12.5. The maximum absolute atomic E-state index is 12.5. The molecule has 0 aliphatic carbocycles. The van der Waals surface area contributed by atoms with E-state index in [1.807, 2.05) is 80.6 Å². The lowest BCUT2D eigenvalue weighted by atomic mass is 10.1. The molecule has 5 aromatic rings. The summed E-state index contributed by atoms with van der Waals surface area (Å²) < 4.78 is 6.02. The third-order valence-electron chi connectivity index (χ3n) is 5.65. The molecule has 0 radical (unpaired) electrons. The molecule has 0 bridgehead atoms. The predicted molar refractivity (Wildman–Crippen MR) is 137 cm³/mol. The smallest absolute Gasteiger partial charge is 0.257 e. The van der Waals surface area contributed by atoms with E-state index >= 15 is 0 Å². The third kappa shape index (κ3) is 4.21. The molecule has 0 fully saturated rings. The number of hydrogen-bond acceptors (Lipinski definition) is 4. The van der Waals surface area contributed by atoms with Crippen molar-refractivity contribution < 1.29 is 9.21 Å². The number of fused-ring (bicyclic) bond motifs is 3. The van der Waals surface area contributed by atoms with Crippen LogP contribution >= 0.6 is 12.2 Å². The first-order chi connectivity index (χ1) is 16.0. The van der Waals surface area contributed by atoms with Gasteiger partial charge >= 0.3 is 0 Å². The zero-order valence-corrected chi connectivity index (χ0v) is 19.0. The topological polar surface area (TPSA) is 67.2 Å². The molecule has 33 heavy (non-hydrogen) atoms. The SMILES string of the molecule is Cc1ccc(C(=O)NC(=S)Nc2cccc(-c3nc4c(ccc5ccccc54)o3)c2)cc1C. The van der Waals surface area contributed by atoms with Crippen LogP contribution < -0.4 is 10.6 Å². The molecule has 1 amide bonds. The normalized spacial score (nSPS) is 11.0. The Labute approximate surface area is 196 Å². The van der Waals surface area contributed by atoms with Gasteiger partial charge in [0, 0.05) is 22.2 Å². The Balaban J connectivity index is 1.36. The molecule has 0 unspecified atom stereocenters. The number of thiocarbonyl (C=S) groups is 1. The van der Waals surface area contributed by atoms with Crippen LogP contribution in [0.25, 0.3) is 33.3 Å². The molecule has 1 heterocycles. The number of nitrogens with zero attached hydrogens (tertiary/aromatic N) is 1. The lowest BCUT2D eigenvalue weighted by Crippen LogP contribution is -2.34. The van der Waals surface area contributed by atoms with Crippen LogP contribution in [0.2, 0.25) is 0 Å². The molecule has 5 nitrogen and oxygen atoms in total. The van der Waals surface area contributed by atoms with E-state index in [0.29, 0.717) is 11.5 Å². The first-order valence-corrected chi connectivity index (χ1v) is 11.0. The fourth-order valence-corrected chi connectivity index (χ4v) is 3.95. The predicted octanol–water partition coefficient (Wildman–Crippen LogP) is 6.39. The van der Waals surface area contributed by atoms with E-state index in [2.05, 4.69) is 16.7 Å². The summed E-state index contributed by atoms with van der Waals surface area (Å²) >= 11 is 5.35. The zero-order valence-electron chi connectivity index (χ0n) is 18.2. The van der Waals surface area contributed by atoms with Gasteiger partial charge in [0.15, 0.2) is 10.7 Å². The summed E-state index contributed by atoms with van der Waals surface area (Å²) in [7, 11) is 0. The maximum Gasteiger partial charge on any atom is 0.257 e. The minimum absolute atomic E-state index is 0.221. The molecule has 0 aliphatic heterocycles. The van der Waals surface area contributed by atoms with Gasteiger partial charge in [0.1, 0.15) is 5.52 Å². The number of anilines is 1. The number of rotatable bonds is 3. The van der Waals surface area contributed by atoms with E-state index in [9.17, 15) is 4.79 Å². The highest BCUT2D eigenvalue weighted by molar-refractivity contribution is 7.80. The van der Waals surface area contributed by atoms with Crippen LogP contribution in [0, 0.1) is 13.8 Å². The van der Waals surface area contributed by atoms with Crippen molar-refractivity contribution in [3.63, 3.8) is 0 Å². The van der Waals surface area contributed by atoms with Crippen LogP contribution in [-0.4, -0.2) is 16.0 Å². The minimum atomic E-state index is -0.252. The molecule has 162 valence electrons. The van der Waals surface area contributed by atoms with Gasteiger partial charge in [-0.05, 0) is 79.0 Å². The van der Waals surface area contributed by atoms with Crippen LogP contribution in [0.1, 0.15) is 21.5 Å². The minimum Gasteiger partial charge on any atom is -0.436 e. The van der Waals surface area contributed by atoms with Crippen LogP contribution in [0.15, 0.2) is 83.3 Å². The van der Waals surface area contributed by atoms with Crippen molar-refractivity contribution in [3.8, 4) is 11.5 Å². The average molecular weight is 452 g/mol. The Hall–Kier alpha value is -4.03. The molecule has 5 rings (SSSR count). The van der Waals surface area contributed by atoms with Crippen molar-refractivity contribution in [2.24, 2.45) is 0 Å². The van der Waals surface area contributed by atoms with E-state index in [-0.39, 0.29) is 11.0 Å². The van der Waals surface area contributed by atoms with Gasteiger partial charge in [-0.1, -0.05) is 42.5 Å². The van der Waals surface area contributed by atoms with Crippen molar-refractivity contribution in [1.29, 1.82) is 0 Å². The third-order valence-corrected chi connectivity index (χ3v) is 5.85. The Kier molecular flexibility index (Phi) is 5.36. The van der Waals surface area contributed by atoms with Crippen molar-refractivity contribution in [2.45, 2.75) is 13.8 Å². The van der Waals surface area contributed by atoms with Crippen molar-refractivity contribution in [3.05, 3.63) is 95.6 Å². The summed E-state index contributed by atoms with van der Waals surface area (Å²) in [6.07, 6.45) is 0. The van der Waals surface area contributed by atoms with Gasteiger partial charge in [0.25, 0.3) is 5.91 Å². The highest BCUT2D eigenvalue weighted by Crippen LogP contribution is 2.30. The number of oxazole rings is 1. The van der Waals surface area contributed by atoms with E-state index in [1.165, 1.54) is 0 Å². The lowest BCUT2D eigenvalue weighted by molar-refractivity contribution is 0.0977. The number of aryl methyl sites for hydroxylation is 2. The molecule has 2 N–H and O–H groups in total. The second-order valence-corrected chi connectivity index (χ2v) is 8.35. The van der Waals surface area contributed by atoms with Gasteiger partial charge in [-0.15, -0.1) is 0 Å². The molecular weight excluding hydrogens is 430 g/mol. The Morgan fingerprint density at radius 1 is 0.909 bits per heavy atom. The van der Waals surface area contributed by atoms with Gasteiger partial charge in [-0.25, -0.2) is 4.98 Å². The monoisotopic (exact) mass is 451 g/mol. The molecule has 4 aromatic carbocycles. The highest BCUT2D eigenvalue weighted by Gasteiger charge is 2.13. The van der Waals surface area contributed by atoms with E-state index in [4.69, 9.17) is 21.6 Å². The van der Waals surface area contributed by atoms with Gasteiger partial charge in [0.05, 0.1) is 0 Å². The van der Waals surface area contributed by atoms with Gasteiger partial charge in [-0.2, -0.15) is 0 Å². The summed E-state index contributed by atoms with van der Waals surface area (Å²) in [6.45, 7) is 3.98. The number of benzene rings is 4. The molecule has 0 spiro atoms. The average Bonchev–Trinajstić information content (AvgIpc) is 3.26. The molecule has 0 aliphatic rings. The summed E-state index contributed by atoms with van der Waals surface area (Å²) in [5, 5.41) is 8.19. The van der Waals surface area contributed by atoms with Crippen LogP contribution in [0.3, 0.4) is 0 Å². The van der Waals surface area contributed by atoms with Gasteiger partial charge in [0.2, 0.25) is 5.89 Å². The number of amides is 1. The van der Waals surface area contributed by atoms with Crippen molar-refractivity contribution in [1.82, 2.24) is 10.3 Å². The fourth-order valence-electron chi connectivity index (χ4n) is 3.74. The number of aromatic nitrogens is 1. The van der Waals surface area contributed by atoms with E-state index in [0.717, 1.165) is 44.2 Å². The molecule has 0 saturated heterocycles. The molecule has 6 heteroatoms.